The van der Waals surface area contributed by atoms with Gasteiger partial charge in [0.25, 0.3) is 5.91 Å². The molecule has 0 aromatic heterocycles. The van der Waals surface area contributed by atoms with Gasteiger partial charge in [0.2, 0.25) is 5.91 Å². The molecule has 1 spiro atoms. The summed E-state index contributed by atoms with van der Waals surface area (Å²) >= 11 is 0. The van der Waals surface area contributed by atoms with Gasteiger partial charge in [-0.15, -0.1) is 0 Å². The summed E-state index contributed by atoms with van der Waals surface area (Å²) < 4.78 is 5.28. The second-order valence-electron chi connectivity index (χ2n) is 7.96. The van der Waals surface area contributed by atoms with E-state index in [2.05, 4.69) is 5.32 Å². The Kier molecular flexibility index (Phi) is 5.00. The summed E-state index contributed by atoms with van der Waals surface area (Å²) in [6.45, 7) is 0.380. The molecule has 3 aliphatic rings. The number of anilines is 1. The molecule has 1 saturated carbocycles. The zero-order valence-corrected chi connectivity index (χ0v) is 16.3. The number of fused-ring (bicyclic) bond motifs is 1. The van der Waals surface area contributed by atoms with Crippen molar-refractivity contribution in [1.82, 2.24) is 10.2 Å². The van der Waals surface area contributed by atoms with Crippen molar-refractivity contribution in [2.75, 3.05) is 25.1 Å². The van der Waals surface area contributed by atoms with Crippen molar-refractivity contribution in [3.63, 3.8) is 0 Å². The maximum Gasteiger partial charge on any atom is 0.325 e. The molecule has 1 N–H and O–H groups in total. The number of amides is 4. The second kappa shape index (κ2) is 7.45. The van der Waals surface area contributed by atoms with E-state index in [1.807, 2.05) is 18.2 Å². The standard InChI is InChI=1S/C21H27N3O4/c1-28-16-8-9-17-15(13-16)7-6-12-23(17)18(25)14-24-19(26)21(22-20(24)27)10-4-2-3-5-11-21/h8-9,13H,2-7,10-12,14H2,1H3,(H,22,27). The first-order valence-electron chi connectivity index (χ1n) is 10.2. The number of methoxy groups -OCH3 is 1. The average molecular weight is 385 g/mol. The number of hydrogen-bond donors (Lipinski definition) is 1. The molecule has 2 fully saturated rings. The minimum absolute atomic E-state index is 0.210. The summed E-state index contributed by atoms with van der Waals surface area (Å²) in [6, 6.07) is 5.22. The molecule has 1 aromatic rings. The number of imide groups is 1. The van der Waals surface area contributed by atoms with Crippen molar-refractivity contribution in [2.24, 2.45) is 0 Å². The minimum atomic E-state index is -0.805. The van der Waals surface area contributed by atoms with E-state index in [1.165, 1.54) is 0 Å². The number of ether oxygens (including phenoxy) is 1. The zero-order valence-electron chi connectivity index (χ0n) is 16.3. The lowest BCUT2D eigenvalue weighted by Crippen LogP contribution is -2.48. The molecule has 4 amide bonds. The number of hydrogen-bond acceptors (Lipinski definition) is 4. The number of urea groups is 1. The molecule has 0 bridgehead atoms. The van der Waals surface area contributed by atoms with Crippen LogP contribution in [0.25, 0.3) is 0 Å². The highest BCUT2D eigenvalue weighted by atomic mass is 16.5. The van der Waals surface area contributed by atoms with Crippen molar-refractivity contribution in [1.29, 1.82) is 0 Å². The third-order valence-corrected chi connectivity index (χ3v) is 6.20. The Labute approximate surface area is 165 Å². The Bertz CT molecular complexity index is 799. The summed E-state index contributed by atoms with van der Waals surface area (Å²) in [5.41, 5.74) is 1.09. The molecule has 7 heteroatoms. The van der Waals surface area contributed by atoms with E-state index in [1.54, 1.807) is 12.0 Å². The van der Waals surface area contributed by atoms with Crippen LogP contribution in [0.15, 0.2) is 18.2 Å². The van der Waals surface area contributed by atoms with Crippen LogP contribution in [0, 0.1) is 0 Å². The molecule has 2 aliphatic heterocycles. The van der Waals surface area contributed by atoms with E-state index >= 15 is 0 Å². The molecule has 0 radical (unpaired) electrons. The topological polar surface area (TPSA) is 79.0 Å². The monoisotopic (exact) mass is 385 g/mol. The molecule has 1 saturated heterocycles. The van der Waals surface area contributed by atoms with Gasteiger partial charge in [0, 0.05) is 12.2 Å². The van der Waals surface area contributed by atoms with Gasteiger partial charge in [-0.05, 0) is 49.4 Å². The number of nitrogens with one attached hydrogen (secondary N) is 1. The van der Waals surface area contributed by atoms with E-state index in [-0.39, 0.29) is 18.4 Å². The largest absolute Gasteiger partial charge is 0.497 e. The summed E-state index contributed by atoms with van der Waals surface area (Å²) in [5.74, 6) is 0.303. The predicted octanol–water partition coefficient (Wildman–Crippen LogP) is 2.62. The third-order valence-electron chi connectivity index (χ3n) is 6.20. The lowest BCUT2D eigenvalue weighted by atomic mass is 9.90. The summed E-state index contributed by atoms with van der Waals surface area (Å²) in [5, 5.41) is 2.90. The summed E-state index contributed by atoms with van der Waals surface area (Å²) in [4.78, 5) is 41.4. The molecule has 0 unspecified atom stereocenters. The number of aryl methyl sites for hydroxylation is 1. The Morgan fingerprint density at radius 3 is 2.61 bits per heavy atom. The first kappa shape index (κ1) is 18.8. The number of nitrogens with zero attached hydrogens (tertiary/aromatic N) is 2. The molecule has 2 heterocycles. The maximum absolute atomic E-state index is 13.0. The highest BCUT2D eigenvalue weighted by molar-refractivity contribution is 6.10. The van der Waals surface area contributed by atoms with Crippen molar-refractivity contribution in [2.45, 2.75) is 56.9 Å². The fraction of sp³-hybridized carbons (Fsp3) is 0.571. The normalized spacial score (nSPS) is 21.3. The quantitative estimate of drug-likeness (QED) is 0.812. The van der Waals surface area contributed by atoms with E-state index in [0.717, 1.165) is 60.4 Å². The van der Waals surface area contributed by atoms with Crippen LogP contribution in [-0.2, 0) is 16.0 Å². The third kappa shape index (κ3) is 3.23. The molecule has 1 aromatic carbocycles. The van der Waals surface area contributed by atoms with Gasteiger partial charge < -0.3 is 15.0 Å². The highest BCUT2D eigenvalue weighted by Crippen LogP contribution is 2.34. The molecular weight excluding hydrogens is 358 g/mol. The predicted molar refractivity (Wildman–Crippen MR) is 104 cm³/mol. The van der Waals surface area contributed by atoms with Crippen LogP contribution in [0.1, 0.15) is 50.5 Å². The van der Waals surface area contributed by atoms with Gasteiger partial charge in [0.05, 0.1) is 7.11 Å². The Hall–Kier alpha value is -2.57. The van der Waals surface area contributed by atoms with Gasteiger partial charge in [0.15, 0.2) is 0 Å². The first-order chi connectivity index (χ1) is 13.5. The smallest absolute Gasteiger partial charge is 0.325 e. The molecule has 1 aliphatic carbocycles. The number of carbonyl (C=O) groups is 3. The van der Waals surface area contributed by atoms with Crippen LogP contribution in [-0.4, -0.2) is 48.5 Å². The van der Waals surface area contributed by atoms with Crippen LogP contribution in [0.3, 0.4) is 0 Å². The number of carbonyl (C=O) groups excluding carboxylic acids is 3. The van der Waals surface area contributed by atoms with Crippen molar-refractivity contribution >= 4 is 23.5 Å². The van der Waals surface area contributed by atoms with Gasteiger partial charge in [-0.25, -0.2) is 4.79 Å². The van der Waals surface area contributed by atoms with E-state index in [4.69, 9.17) is 4.74 Å². The van der Waals surface area contributed by atoms with Crippen LogP contribution in [0.2, 0.25) is 0 Å². The van der Waals surface area contributed by atoms with Gasteiger partial charge >= 0.3 is 6.03 Å². The van der Waals surface area contributed by atoms with Crippen molar-refractivity contribution in [3.8, 4) is 5.75 Å². The number of benzene rings is 1. The van der Waals surface area contributed by atoms with Crippen LogP contribution >= 0.6 is 0 Å². The molecule has 0 atom stereocenters. The molecule has 150 valence electrons. The SMILES string of the molecule is COc1ccc2c(c1)CCCN2C(=O)CN1C(=O)NC2(CCCCCC2)C1=O. The average Bonchev–Trinajstić information content (AvgIpc) is 2.87. The van der Waals surface area contributed by atoms with Gasteiger partial charge in [0.1, 0.15) is 17.8 Å². The van der Waals surface area contributed by atoms with E-state index < -0.39 is 11.6 Å². The van der Waals surface area contributed by atoms with Gasteiger partial charge in [-0.1, -0.05) is 25.7 Å². The number of rotatable bonds is 3. The zero-order chi connectivity index (χ0) is 19.7. The van der Waals surface area contributed by atoms with Gasteiger partial charge in [-0.3, -0.25) is 14.5 Å². The maximum atomic E-state index is 13.0. The minimum Gasteiger partial charge on any atom is -0.497 e. The summed E-state index contributed by atoms with van der Waals surface area (Å²) in [6.07, 6.45) is 7.06. The van der Waals surface area contributed by atoms with Crippen LogP contribution < -0.4 is 15.0 Å². The molecule has 7 nitrogen and oxygen atoms in total. The van der Waals surface area contributed by atoms with Crippen molar-refractivity contribution in [3.05, 3.63) is 23.8 Å². The molecule has 28 heavy (non-hydrogen) atoms. The summed E-state index contributed by atoms with van der Waals surface area (Å²) in [7, 11) is 1.62. The fourth-order valence-electron chi connectivity index (χ4n) is 4.67. The Morgan fingerprint density at radius 2 is 1.89 bits per heavy atom. The Morgan fingerprint density at radius 1 is 1.14 bits per heavy atom. The molecular formula is C21H27N3O4. The highest BCUT2D eigenvalue weighted by Gasteiger charge is 2.51. The van der Waals surface area contributed by atoms with Crippen LogP contribution in [0.4, 0.5) is 10.5 Å². The van der Waals surface area contributed by atoms with Crippen LogP contribution in [0.5, 0.6) is 5.75 Å². The van der Waals surface area contributed by atoms with Crippen molar-refractivity contribution < 1.29 is 19.1 Å². The molecule has 4 rings (SSSR count). The second-order valence-corrected chi connectivity index (χ2v) is 7.96. The van der Waals surface area contributed by atoms with Gasteiger partial charge in [-0.2, -0.15) is 0 Å². The first-order valence-corrected chi connectivity index (χ1v) is 10.2. The Balaban J connectivity index is 1.51. The van der Waals surface area contributed by atoms with E-state index in [9.17, 15) is 14.4 Å². The lowest BCUT2D eigenvalue weighted by Gasteiger charge is -2.31. The van der Waals surface area contributed by atoms with E-state index in [0.29, 0.717) is 19.4 Å². The lowest BCUT2D eigenvalue weighted by molar-refractivity contribution is -0.134. The fourth-order valence-corrected chi connectivity index (χ4v) is 4.67.